The van der Waals surface area contributed by atoms with Gasteiger partial charge in [0.2, 0.25) is 0 Å². The van der Waals surface area contributed by atoms with Gasteiger partial charge in [0, 0.05) is 12.3 Å². The Morgan fingerprint density at radius 2 is 1.86 bits per heavy atom. The van der Waals surface area contributed by atoms with E-state index in [2.05, 4.69) is 15.2 Å². The molecule has 0 atom stereocenters. The van der Waals surface area contributed by atoms with E-state index in [1.807, 2.05) is 6.07 Å². The third-order valence-electron chi connectivity index (χ3n) is 4.28. The summed E-state index contributed by atoms with van der Waals surface area (Å²) in [4.78, 5) is 28.7. The fourth-order valence-electron chi connectivity index (χ4n) is 2.85. The van der Waals surface area contributed by atoms with Gasteiger partial charge in [-0.2, -0.15) is 10.2 Å². The second-order valence-electron chi connectivity index (χ2n) is 6.30. The van der Waals surface area contributed by atoms with Gasteiger partial charge in [0.05, 0.1) is 18.8 Å². The number of hydrogen-bond acceptors (Lipinski definition) is 5. The number of hydrogen-bond donors (Lipinski definition) is 1. The molecule has 1 aromatic carbocycles. The molecule has 2 N–H and O–H groups in total. The van der Waals surface area contributed by atoms with Crippen LogP contribution in [0.15, 0.2) is 65.8 Å². The topological polar surface area (TPSA) is 114 Å². The standard InChI is InChI=1S/C19H16FN7O2/c20-14-6-4-13(5-7-14)10-27-19(29)25(12-23-27)17-9-16(18(21)28)26(24-17)11-15-3-1-2-8-22-15/h1-9,12H,10-11H2,(H2,21,28). The van der Waals surface area contributed by atoms with E-state index in [0.717, 1.165) is 5.56 Å². The molecule has 0 saturated carbocycles. The van der Waals surface area contributed by atoms with Crippen molar-refractivity contribution in [3.05, 3.63) is 94.3 Å². The maximum atomic E-state index is 13.1. The molecule has 0 aliphatic rings. The largest absolute Gasteiger partial charge is 0.364 e. The minimum Gasteiger partial charge on any atom is -0.364 e. The van der Waals surface area contributed by atoms with Gasteiger partial charge in [0.1, 0.15) is 17.8 Å². The Morgan fingerprint density at radius 1 is 1.07 bits per heavy atom. The lowest BCUT2D eigenvalue weighted by Crippen LogP contribution is -2.24. The Kier molecular flexibility index (Phi) is 4.73. The average molecular weight is 393 g/mol. The van der Waals surface area contributed by atoms with Crippen molar-refractivity contribution in [1.82, 2.24) is 29.1 Å². The molecule has 0 bridgehead atoms. The van der Waals surface area contributed by atoms with Crippen LogP contribution in [0.4, 0.5) is 4.39 Å². The lowest BCUT2D eigenvalue weighted by atomic mass is 10.2. The Balaban J connectivity index is 1.65. The number of pyridine rings is 1. The van der Waals surface area contributed by atoms with Crippen molar-refractivity contribution in [3.63, 3.8) is 0 Å². The van der Waals surface area contributed by atoms with Gasteiger partial charge >= 0.3 is 5.69 Å². The number of amides is 1. The average Bonchev–Trinajstić information content (AvgIpc) is 3.28. The highest BCUT2D eigenvalue weighted by Crippen LogP contribution is 2.10. The van der Waals surface area contributed by atoms with Crippen LogP contribution >= 0.6 is 0 Å². The first-order chi connectivity index (χ1) is 14.0. The Morgan fingerprint density at radius 3 is 2.55 bits per heavy atom. The number of aromatic nitrogens is 6. The van der Waals surface area contributed by atoms with E-state index < -0.39 is 11.6 Å². The molecule has 4 aromatic rings. The number of nitrogens with two attached hydrogens (primary N) is 1. The highest BCUT2D eigenvalue weighted by Gasteiger charge is 2.17. The van der Waals surface area contributed by atoms with Crippen LogP contribution < -0.4 is 11.4 Å². The molecule has 29 heavy (non-hydrogen) atoms. The van der Waals surface area contributed by atoms with Crippen molar-refractivity contribution < 1.29 is 9.18 Å². The molecule has 10 heteroatoms. The van der Waals surface area contributed by atoms with Crippen LogP contribution in [-0.2, 0) is 13.1 Å². The summed E-state index contributed by atoms with van der Waals surface area (Å²) in [6.07, 6.45) is 2.94. The summed E-state index contributed by atoms with van der Waals surface area (Å²) in [5.74, 6) is -0.819. The second-order valence-corrected chi connectivity index (χ2v) is 6.30. The number of nitrogens with zero attached hydrogens (tertiary/aromatic N) is 6. The summed E-state index contributed by atoms with van der Waals surface area (Å²) in [5, 5.41) is 8.40. The lowest BCUT2D eigenvalue weighted by molar-refractivity contribution is 0.0990. The van der Waals surface area contributed by atoms with E-state index in [0.29, 0.717) is 5.69 Å². The molecule has 146 valence electrons. The Hall–Kier alpha value is -4.08. The molecule has 0 saturated heterocycles. The predicted octanol–water partition coefficient (Wildman–Crippen LogP) is 0.960. The van der Waals surface area contributed by atoms with Crippen LogP contribution in [0.1, 0.15) is 21.7 Å². The van der Waals surface area contributed by atoms with Crippen molar-refractivity contribution in [2.45, 2.75) is 13.1 Å². The summed E-state index contributed by atoms with van der Waals surface area (Å²) in [6.45, 7) is 0.390. The van der Waals surface area contributed by atoms with E-state index in [1.165, 1.54) is 38.5 Å². The first kappa shape index (κ1) is 18.3. The van der Waals surface area contributed by atoms with Crippen LogP contribution in [0.25, 0.3) is 5.82 Å². The van der Waals surface area contributed by atoms with Crippen LogP contribution in [0.5, 0.6) is 0 Å². The summed E-state index contributed by atoms with van der Waals surface area (Å²) >= 11 is 0. The van der Waals surface area contributed by atoms with E-state index in [-0.39, 0.29) is 30.4 Å². The van der Waals surface area contributed by atoms with Crippen molar-refractivity contribution in [2.24, 2.45) is 5.73 Å². The normalized spacial score (nSPS) is 10.9. The molecular formula is C19H16FN7O2. The molecule has 0 spiro atoms. The monoisotopic (exact) mass is 393 g/mol. The van der Waals surface area contributed by atoms with Gasteiger partial charge in [-0.05, 0) is 29.8 Å². The Labute approximate surface area is 163 Å². The van der Waals surface area contributed by atoms with Crippen molar-refractivity contribution in [1.29, 1.82) is 0 Å². The fourth-order valence-corrected chi connectivity index (χ4v) is 2.85. The quantitative estimate of drug-likeness (QED) is 0.524. The third kappa shape index (κ3) is 3.81. The lowest BCUT2D eigenvalue weighted by Gasteiger charge is -2.03. The molecule has 0 radical (unpaired) electrons. The summed E-state index contributed by atoms with van der Waals surface area (Å²) in [7, 11) is 0. The van der Waals surface area contributed by atoms with E-state index in [4.69, 9.17) is 5.73 Å². The Bertz CT molecular complexity index is 1210. The number of benzene rings is 1. The molecule has 0 unspecified atom stereocenters. The minimum absolute atomic E-state index is 0.142. The molecule has 0 aliphatic heterocycles. The molecule has 4 rings (SSSR count). The van der Waals surface area contributed by atoms with Gasteiger partial charge in [0.15, 0.2) is 5.82 Å². The van der Waals surface area contributed by atoms with Crippen LogP contribution in [0, 0.1) is 5.82 Å². The zero-order chi connectivity index (χ0) is 20.4. The molecule has 0 fully saturated rings. The van der Waals surface area contributed by atoms with Gasteiger partial charge in [0.25, 0.3) is 5.91 Å². The number of carbonyl (C=O) groups excluding carboxylic acids is 1. The van der Waals surface area contributed by atoms with E-state index in [1.54, 1.807) is 30.5 Å². The van der Waals surface area contributed by atoms with E-state index in [9.17, 15) is 14.0 Å². The van der Waals surface area contributed by atoms with Crippen molar-refractivity contribution >= 4 is 5.91 Å². The number of halogens is 1. The van der Waals surface area contributed by atoms with Crippen LogP contribution in [-0.4, -0.2) is 35.0 Å². The van der Waals surface area contributed by atoms with Gasteiger partial charge < -0.3 is 5.73 Å². The molecular weight excluding hydrogens is 377 g/mol. The number of rotatable bonds is 6. The highest BCUT2D eigenvalue weighted by atomic mass is 19.1. The van der Waals surface area contributed by atoms with Gasteiger partial charge in [-0.15, -0.1) is 0 Å². The maximum Gasteiger partial charge on any atom is 0.351 e. The second kappa shape index (κ2) is 7.50. The first-order valence-corrected chi connectivity index (χ1v) is 8.68. The minimum atomic E-state index is -0.675. The fraction of sp³-hybridized carbons (Fsp3) is 0.105. The molecule has 9 nitrogen and oxygen atoms in total. The SMILES string of the molecule is NC(=O)c1cc(-n2cnn(Cc3ccc(F)cc3)c2=O)nn1Cc1ccccn1. The molecule has 0 aliphatic carbocycles. The summed E-state index contributed by atoms with van der Waals surface area (Å²) in [6, 6.07) is 12.6. The smallest absolute Gasteiger partial charge is 0.351 e. The van der Waals surface area contributed by atoms with Crippen LogP contribution in [0.3, 0.4) is 0 Å². The zero-order valence-electron chi connectivity index (χ0n) is 15.1. The predicted molar refractivity (Wildman–Crippen MR) is 101 cm³/mol. The molecule has 1 amide bonds. The molecule has 3 aromatic heterocycles. The maximum absolute atomic E-state index is 13.1. The van der Waals surface area contributed by atoms with Crippen LogP contribution in [0.2, 0.25) is 0 Å². The van der Waals surface area contributed by atoms with Gasteiger partial charge in [-0.1, -0.05) is 18.2 Å². The zero-order valence-corrected chi connectivity index (χ0v) is 15.1. The van der Waals surface area contributed by atoms with E-state index >= 15 is 0 Å². The molecule has 3 heterocycles. The summed E-state index contributed by atoms with van der Waals surface area (Å²) < 4.78 is 16.9. The van der Waals surface area contributed by atoms with Crippen molar-refractivity contribution in [2.75, 3.05) is 0 Å². The summed E-state index contributed by atoms with van der Waals surface area (Å²) in [5.41, 5.74) is 6.55. The van der Waals surface area contributed by atoms with Crippen molar-refractivity contribution in [3.8, 4) is 5.82 Å². The third-order valence-corrected chi connectivity index (χ3v) is 4.28. The highest BCUT2D eigenvalue weighted by molar-refractivity contribution is 5.91. The first-order valence-electron chi connectivity index (χ1n) is 8.68. The number of primary amides is 1. The van der Waals surface area contributed by atoms with Gasteiger partial charge in [-0.3, -0.25) is 14.5 Å². The van der Waals surface area contributed by atoms with Gasteiger partial charge in [-0.25, -0.2) is 18.4 Å². The number of carbonyl (C=O) groups is 1.